The predicted molar refractivity (Wildman–Crippen MR) is 56.8 cm³/mol. The van der Waals surface area contributed by atoms with Crippen molar-refractivity contribution in [1.29, 1.82) is 0 Å². The normalized spacial score (nSPS) is 12.3. The molecule has 0 N–H and O–H groups in total. The zero-order valence-corrected chi connectivity index (χ0v) is 8.66. The third-order valence-corrected chi connectivity index (χ3v) is 1.72. The Hall–Kier alpha value is -1.35. The van der Waals surface area contributed by atoms with E-state index in [0.29, 0.717) is 11.7 Å². The summed E-state index contributed by atoms with van der Waals surface area (Å²) in [7, 11) is 0. The third-order valence-electron chi connectivity index (χ3n) is 1.48. The Bertz CT molecular complexity index is 366. The Labute approximate surface area is 87.8 Å². The van der Waals surface area contributed by atoms with Crippen molar-refractivity contribution in [3.05, 3.63) is 42.6 Å². The topological polar surface area (TPSA) is 38.9 Å². The van der Waals surface area contributed by atoms with Gasteiger partial charge in [-0.05, 0) is 6.92 Å². The highest BCUT2D eigenvalue weighted by atomic mass is 35.5. The molecule has 0 saturated carbocycles. The van der Waals surface area contributed by atoms with E-state index in [1.165, 1.54) is 0 Å². The van der Waals surface area contributed by atoms with E-state index >= 15 is 0 Å². The van der Waals surface area contributed by atoms with Crippen molar-refractivity contribution >= 4 is 17.2 Å². The van der Waals surface area contributed by atoms with Crippen LogP contribution in [0.15, 0.2) is 35.4 Å². The number of aromatic nitrogens is 2. The second-order valence-corrected chi connectivity index (χ2v) is 2.77. The fourth-order valence-corrected chi connectivity index (χ4v) is 1.04. The third kappa shape index (κ3) is 2.57. The molecule has 1 aromatic heterocycles. The van der Waals surface area contributed by atoms with Gasteiger partial charge in [0.2, 0.25) is 0 Å². The molecule has 0 amide bonds. The number of hydrogen-bond acceptors (Lipinski definition) is 3. The van der Waals surface area contributed by atoms with Gasteiger partial charge in [0.15, 0.2) is 5.82 Å². The van der Waals surface area contributed by atoms with E-state index in [1.54, 1.807) is 12.2 Å². The standard InChI is InChI=1S/C10H11ClN2O/c1-3-5-8(6-4-2)10-12-9(7-11)13-14-10/h3-6H,1,7H2,2H3/b6-4-,8-5+. The van der Waals surface area contributed by atoms with Gasteiger partial charge in [0, 0.05) is 5.57 Å². The average molecular weight is 211 g/mol. The minimum atomic E-state index is 0.251. The van der Waals surface area contributed by atoms with Crippen LogP contribution >= 0.6 is 11.6 Å². The fraction of sp³-hybridized carbons (Fsp3) is 0.200. The first kappa shape index (κ1) is 10.7. The second-order valence-electron chi connectivity index (χ2n) is 2.51. The van der Waals surface area contributed by atoms with Crippen LogP contribution in [0, 0.1) is 0 Å². The minimum absolute atomic E-state index is 0.251. The maximum Gasteiger partial charge on any atom is 0.257 e. The lowest BCUT2D eigenvalue weighted by molar-refractivity contribution is 0.403. The summed E-state index contributed by atoms with van der Waals surface area (Å²) in [6, 6.07) is 0. The van der Waals surface area contributed by atoms with Gasteiger partial charge in [-0.2, -0.15) is 4.98 Å². The highest BCUT2D eigenvalue weighted by Crippen LogP contribution is 2.14. The molecule has 0 saturated heterocycles. The monoisotopic (exact) mass is 210 g/mol. The van der Waals surface area contributed by atoms with Crippen LogP contribution in [0.25, 0.3) is 5.57 Å². The zero-order valence-electron chi connectivity index (χ0n) is 7.90. The Morgan fingerprint density at radius 2 is 2.43 bits per heavy atom. The van der Waals surface area contributed by atoms with Crippen molar-refractivity contribution in [1.82, 2.24) is 10.1 Å². The molecular formula is C10H11ClN2O. The molecule has 3 nitrogen and oxygen atoms in total. The van der Waals surface area contributed by atoms with Gasteiger partial charge in [0.25, 0.3) is 5.89 Å². The fourth-order valence-electron chi connectivity index (χ4n) is 0.930. The lowest BCUT2D eigenvalue weighted by Crippen LogP contribution is -1.83. The van der Waals surface area contributed by atoms with Crippen molar-refractivity contribution in [2.75, 3.05) is 0 Å². The van der Waals surface area contributed by atoms with Crippen molar-refractivity contribution in [2.24, 2.45) is 0 Å². The Morgan fingerprint density at radius 1 is 1.64 bits per heavy atom. The molecule has 0 radical (unpaired) electrons. The molecule has 0 aliphatic heterocycles. The van der Waals surface area contributed by atoms with E-state index in [4.69, 9.17) is 16.1 Å². The van der Waals surface area contributed by atoms with Crippen LogP contribution in [0.2, 0.25) is 0 Å². The van der Waals surface area contributed by atoms with Crippen molar-refractivity contribution in [3.63, 3.8) is 0 Å². The molecule has 1 rings (SSSR count). The summed E-state index contributed by atoms with van der Waals surface area (Å²) in [5, 5.41) is 3.69. The minimum Gasteiger partial charge on any atom is -0.334 e. The molecule has 1 heterocycles. The van der Waals surface area contributed by atoms with Crippen LogP contribution in [0.1, 0.15) is 18.6 Å². The first-order chi connectivity index (χ1) is 6.81. The van der Waals surface area contributed by atoms with Gasteiger partial charge in [-0.3, -0.25) is 0 Å². The lowest BCUT2D eigenvalue weighted by Gasteiger charge is -1.90. The first-order valence-corrected chi connectivity index (χ1v) is 4.69. The number of rotatable bonds is 4. The number of halogens is 1. The van der Waals surface area contributed by atoms with Gasteiger partial charge in [-0.25, -0.2) is 0 Å². The van der Waals surface area contributed by atoms with E-state index in [1.807, 2.05) is 19.1 Å². The highest BCUT2D eigenvalue weighted by molar-refractivity contribution is 6.16. The molecule has 0 atom stereocenters. The molecule has 1 aromatic rings. The summed E-state index contributed by atoms with van der Waals surface area (Å²) in [5.41, 5.74) is 0.825. The van der Waals surface area contributed by atoms with Crippen LogP contribution in [0.5, 0.6) is 0 Å². The van der Waals surface area contributed by atoms with Gasteiger partial charge in [0.1, 0.15) is 0 Å². The Balaban J connectivity index is 2.99. The first-order valence-electron chi connectivity index (χ1n) is 4.16. The quantitative estimate of drug-likeness (QED) is 0.567. The number of nitrogens with zero attached hydrogens (tertiary/aromatic N) is 2. The van der Waals surface area contributed by atoms with Crippen molar-refractivity contribution in [3.8, 4) is 0 Å². The zero-order chi connectivity index (χ0) is 10.4. The molecule has 0 fully saturated rings. The maximum atomic E-state index is 5.56. The van der Waals surface area contributed by atoms with Gasteiger partial charge in [-0.1, -0.05) is 36.0 Å². The van der Waals surface area contributed by atoms with Crippen LogP contribution < -0.4 is 0 Å². The average Bonchev–Trinajstić information content (AvgIpc) is 2.65. The van der Waals surface area contributed by atoms with E-state index in [-0.39, 0.29) is 5.88 Å². The largest absolute Gasteiger partial charge is 0.334 e. The summed E-state index contributed by atoms with van der Waals surface area (Å²) in [6.45, 7) is 5.52. The van der Waals surface area contributed by atoms with E-state index in [2.05, 4.69) is 16.7 Å². The van der Waals surface area contributed by atoms with E-state index < -0.39 is 0 Å². The van der Waals surface area contributed by atoms with Gasteiger partial charge >= 0.3 is 0 Å². The molecule has 14 heavy (non-hydrogen) atoms. The van der Waals surface area contributed by atoms with Crippen LogP contribution in [-0.4, -0.2) is 10.1 Å². The molecule has 0 spiro atoms. The smallest absolute Gasteiger partial charge is 0.257 e. The Morgan fingerprint density at radius 3 is 2.93 bits per heavy atom. The summed E-state index contributed by atoms with van der Waals surface area (Å²) in [6.07, 6.45) is 7.22. The SMILES string of the molecule is C=C/C=C(\C=C/C)c1nc(CCl)no1. The molecule has 4 heteroatoms. The van der Waals surface area contributed by atoms with Gasteiger partial charge in [-0.15, -0.1) is 11.6 Å². The summed E-state index contributed by atoms with van der Waals surface area (Å²) >= 11 is 5.56. The van der Waals surface area contributed by atoms with Crippen molar-refractivity contribution < 1.29 is 4.52 Å². The Kier molecular flexibility index (Phi) is 4.13. The number of hydrogen-bond donors (Lipinski definition) is 0. The molecule has 0 aromatic carbocycles. The number of alkyl halides is 1. The summed E-state index contributed by atoms with van der Waals surface area (Å²) < 4.78 is 5.01. The molecule has 0 aliphatic carbocycles. The van der Waals surface area contributed by atoms with E-state index in [9.17, 15) is 0 Å². The van der Waals surface area contributed by atoms with Crippen LogP contribution in [0.4, 0.5) is 0 Å². The molecule has 0 bridgehead atoms. The van der Waals surface area contributed by atoms with Crippen molar-refractivity contribution in [2.45, 2.75) is 12.8 Å². The number of allylic oxidation sites excluding steroid dienone is 5. The molecule has 0 unspecified atom stereocenters. The van der Waals surface area contributed by atoms with Gasteiger partial charge in [0.05, 0.1) is 5.88 Å². The molecule has 74 valence electrons. The molecule has 0 aliphatic rings. The molecular weight excluding hydrogens is 200 g/mol. The van der Waals surface area contributed by atoms with E-state index in [0.717, 1.165) is 5.57 Å². The maximum absolute atomic E-state index is 5.56. The second kappa shape index (κ2) is 5.40. The van der Waals surface area contributed by atoms with Gasteiger partial charge < -0.3 is 4.52 Å². The highest BCUT2D eigenvalue weighted by Gasteiger charge is 2.07. The summed E-state index contributed by atoms with van der Waals surface area (Å²) in [4.78, 5) is 4.09. The van der Waals surface area contributed by atoms with Crippen LogP contribution in [0.3, 0.4) is 0 Å². The van der Waals surface area contributed by atoms with Crippen LogP contribution in [-0.2, 0) is 5.88 Å². The predicted octanol–water partition coefficient (Wildman–Crippen LogP) is 2.95. The lowest BCUT2D eigenvalue weighted by atomic mass is 10.2. The summed E-state index contributed by atoms with van der Waals surface area (Å²) in [5.74, 6) is 1.19.